The summed E-state index contributed by atoms with van der Waals surface area (Å²) in [5.74, 6) is 0.743. The highest BCUT2D eigenvalue weighted by molar-refractivity contribution is 7.92. The lowest BCUT2D eigenvalue weighted by atomic mass is 9.86. The standard InChI is InChI=1S/C20H26N4O3S/c25-19(9-4-8-16-6-2-1-3-7-16)23-17-10-12-18(13-11-17)28(26,27)24-20-21-14-5-15-22-20/h5,10-16H,1-4,6-9H2,(H,23,25)(H,21,22,24). The highest BCUT2D eigenvalue weighted by atomic mass is 32.2. The van der Waals surface area contributed by atoms with Crippen LogP contribution in [0.25, 0.3) is 0 Å². The van der Waals surface area contributed by atoms with Crippen molar-refractivity contribution in [2.75, 3.05) is 10.0 Å². The van der Waals surface area contributed by atoms with Crippen LogP contribution in [0.4, 0.5) is 11.6 Å². The van der Waals surface area contributed by atoms with Gasteiger partial charge in [0.15, 0.2) is 0 Å². The van der Waals surface area contributed by atoms with Crippen molar-refractivity contribution in [1.29, 1.82) is 0 Å². The Hall–Kier alpha value is -2.48. The summed E-state index contributed by atoms with van der Waals surface area (Å²) < 4.78 is 27.0. The molecule has 1 aromatic heterocycles. The highest BCUT2D eigenvalue weighted by Gasteiger charge is 2.16. The number of carbonyl (C=O) groups is 1. The van der Waals surface area contributed by atoms with E-state index in [1.165, 1.54) is 56.6 Å². The summed E-state index contributed by atoms with van der Waals surface area (Å²) >= 11 is 0. The summed E-state index contributed by atoms with van der Waals surface area (Å²) in [4.78, 5) is 19.9. The van der Waals surface area contributed by atoms with E-state index in [1.807, 2.05) is 0 Å². The molecule has 1 heterocycles. The van der Waals surface area contributed by atoms with Gasteiger partial charge in [0.2, 0.25) is 11.9 Å². The summed E-state index contributed by atoms with van der Waals surface area (Å²) in [7, 11) is -3.77. The number of hydrogen-bond donors (Lipinski definition) is 2. The number of nitrogens with zero attached hydrogens (tertiary/aromatic N) is 2. The minimum atomic E-state index is -3.77. The molecule has 1 aliphatic carbocycles. The first-order valence-electron chi connectivity index (χ1n) is 9.73. The monoisotopic (exact) mass is 402 g/mol. The number of hydrogen-bond acceptors (Lipinski definition) is 5. The van der Waals surface area contributed by atoms with Crippen LogP contribution < -0.4 is 10.0 Å². The Morgan fingerprint density at radius 2 is 1.71 bits per heavy atom. The van der Waals surface area contributed by atoms with Gasteiger partial charge in [0.05, 0.1) is 4.90 Å². The molecule has 0 unspecified atom stereocenters. The van der Waals surface area contributed by atoms with Crippen molar-refractivity contribution >= 4 is 27.6 Å². The Morgan fingerprint density at radius 3 is 2.39 bits per heavy atom. The highest BCUT2D eigenvalue weighted by Crippen LogP contribution is 2.27. The van der Waals surface area contributed by atoms with Crippen molar-refractivity contribution in [2.24, 2.45) is 5.92 Å². The van der Waals surface area contributed by atoms with Crippen molar-refractivity contribution in [2.45, 2.75) is 56.3 Å². The predicted molar refractivity (Wildman–Crippen MR) is 108 cm³/mol. The zero-order chi connectivity index (χ0) is 19.8. The molecule has 1 aromatic carbocycles. The maximum absolute atomic E-state index is 12.3. The van der Waals surface area contributed by atoms with Gasteiger partial charge in [-0.2, -0.15) is 0 Å². The van der Waals surface area contributed by atoms with E-state index >= 15 is 0 Å². The van der Waals surface area contributed by atoms with Gasteiger partial charge in [-0.3, -0.25) is 4.79 Å². The van der Waals surface area contributed by atoms with Gasteiger partial charge < -0.3 is 5.32 Å². The van der Waals surface area contributed by atoms with Crippen LogP contribution in [0.1, 0.15) is 51.4 Å². The van der Waals surface area contributed by atoms with Crippen LogP contribution in [0.3, 0.4) is 0 Å². The summed E-state index contributed by atoms with van der Waals surface area (Å²) in [6.45, 7) is 0. The van der Waals surface area contributed by atoms with E-state index in [0.29, 0.717) is 12.1 Å². The third-order valence-electron chi connectivity index (χ3n) is 4.98. The fourth-order valence-corrected chi connectivity index (χ4v) is 4.46. The quantitative estimate of drug-likeness (QED) is 0.696. The van der Waals surface area contributed by atoms with Crippen LogP contribution in [0.2, 0.25) is 0 Å². The van der Waals surface area contributed by atoms with Gasteiger partial charge in [-0.15, -0.1) is 0 Å². The minimum absolute atomic E-state index is 0.0119. The van der Waals surface area contributed by atoms with Gasteiger partial charge in [-0.1, -0.05) is 32.1 Å². The normalized spacial score (nSPS) is 15.1. The Labute approximate surface area is 166 Å². The molecule has 2 N–H and O–H groups in total. The Balaban J connectivity index is 1.48. The number of amides is 1. The van der Waals surface area contributed by atoms with Crippen LogP contribution in [-0.4, -0.2) is 24.3 Å². The zero-order valence-corrected chi connectivity index (χ0v) is 16.6. The lowest BCUT2D eigenvalue weighted by molar-refractivity contribution is -0.116. The van der Waals surface area contributed by atoms with Crippen LogP contribution in [0.15, 0.2) is 47.6 Å². The summed E-state index contributed by atoms with van der Waals surface area (Å²) in [5, 5.41) is 2.83. The fraction of sp³-hybridized carbons (Fsp3) is 0.450. The second-order valence-corrected chi connectivity index (χ2v) is 8.83. The summed E-state index contributed by atoms with van der Waals surface area (Å²) in [5.41, 5.74) is 0.581. The SMILES string of the molecule is O=C(CCCC1CCCCC1)Nc1ccc(S(=O)(=O)Nc2ncccn2)cc1. The first-order chi connectivity index (χ1) is 13.5. The van der Waals surface area contributed by atoms with Gasteiger partial charge >= 0.3 is 0 Å². The van der Waals surface area contributed by atoms with Crippen LogP contribution >= 0.6 is 0 Å². The van der Waals surface area contributed by atoms with Crippen molar-refractivity contribution in [3.05, 3.63) is 42.7 Å². The lowest BCUT2D eigenvalue weighted by Gasteiger charge is -2.21. The second kappa shape index (κ2) is 9.64. The molecule has 150 valence electrons. The number of nitrogens with one attached hydrogen (secondary N) is 2. The molecule has 1 fully saturated rings. The van der Waals surface area contributed by atoms with Gasteiger partial charge in [-0.25, -0.2) is 23.1 Å². The first-order valence-corrected chi connectivity index (χ1v) is 11.2. The Bertz CT molecular complexity index is 864. The van der Waals surface area contributed by atoms with E-state index in [9.17, 15) is 13.2 Å². The van der Waals surface area contributed by atoms with E-state index in [0.717, 1.165) is 18.8 Å². The smallest absolute Gasteiger partial charge is 0.264 e. The lowest BCUT2D eigenvalue weighted by Crippen LogP contribution is -2.15. The summed E-state index contributed by atoms with van der Waals surface area (Å²) in [6.07, 6.45) is 12.0. The van der Waals surface area contributed by atoms with Gasteiger partial charge in [-0.05, 0) is 49.1 Å². The van der Waals surface area contributed by atoms with E-state index in [2.05, 4.69) is 20.0 Å². The van der Waals surface area contributed by atoms with E-state index < -0.39 is 10.0 Å². The molecule has 0 radical (unpaired) electrons. The topological polar surface area (TPSA) is 101 Å². The van der Waals surface area contributed by atoms with Crippen LogP contribution in [0.5, 0.6) is 0 Å². The van der Waals surface area contributed by atoms with E-state index in [4.69, 9.17) is 0 Å². The molecule has 7 nitrogen and oxygen atoms in total. The molecule has 0 aliphatic heterocycles. The second-order valence-electron chi connectivity index (χ2n) is 7.15. The zero-order valence-electron chi connectivity index (χ0n) is 15.8. The van der Waals surface area contributed by atoms with Crippen molar-refractivity contribution < 1.29 is 13.2 Å². The van der Waals surface area contributed by atoms with Crippen molar-refractivity contribution in [1.82, 2.24) is 9.97 Å². The van der Waals surface area contributed by atoms with E-state index in [1.54, 1.807) is 18.2 Å². The molecular formula is C20H26N4O3S. The number of carbonyl (C=O) groups excluding carboxylic acids is 1. The maximum Gasteiger partial charge on any atom is 0.264 e. The molecule has 1 saturated carbocycles. The third kappa shape index (κ3) is 6.02. The number of rotatable bonds is 8. The minimum Gasteiger partial charge on any atom is -0.326 e. The predicted octanol–water partition coefficient (Wildman–Crippen LogP) is 3.97. The number of anilines is 2. The van der Waals surface area contributed by atoms with Crippen LogP contribution in [-0.2, 0) is 14.8 Å². The van der Waals surface area contributed by atoms with Crippen molar-refractivity contribution in [3.63, 3.8) is 0 Å². The molecule has 0 saturated heterocycles. The molecule has 28 heavy (non-hydrogen) atoms. The molecule has 2 aromatic rings. The molecule has 8 heteroatoms. The molecule has 1 amide bonds. The largest absolute Gasteiger partial charge is 0.326 e. The van der Waals surface area contributed by atoms with Crippen molar-refractivity contribution in [3.8, 4) is 0 Å². The van der Waals surface area contributed by atoms with Gasteiger partial charge in [0.25, 0.3) is 10.0 Å². The molecule has 0 bridgehead atoms. The average molecular weight is 403 g/mol. The number of aromatic nitrogens is 2. The van der Waals surface area contributed by atoms with Gasteiger partial charge in [0, 0.05) is 24.5 Å². The molecule has 3 rings (SSSR count). The third-order valence-corrected chi connectivity index (χ3v) is 6.32. The molecule has 0 spiro atoms. The number of benzene rings is 1. The van der Waals surface area contributed by atoms with Gasteiger partial charge in [0.1, 0.15) is 0 Å². The molecule has 1 aliphatic rings. The molecule has 0 atom stereocenters. The average Bonchev–Trinajstić information content (AvgIpc) is 2.70. The Kier molecular flexibility index (Phi) is 6.97. The fourth-order valence-electron chi connectivity index (χ4n) is 3.50. The first kappa shape index (κ1) is 20.3. The van der Waals surface area contributed by atoms with E-state index in [-0.39, 0.29) is 16.8 Å². The molecular weight excluding hydrogens is 376 g/mol. The number of sulfonamides is 1. The maximum atomic E-state index is 12.3. The Morgan fingerprint density at radius 1 is 1.04 bits per heavy atom. The van der Waals surface area contributed by atoms with Crippen LogP contribution in [0, 0.1) is 5.92 Å². The summed E-state index contributed by atoms with van der Waals surface area (Å²) in [6, 6.07) is 7.66.